The SMILES string of the molecule is C=CCCCCCC(=O)C1CCC1. The van der Waals surface area contributed by atoms with Gasteiger partial charge in [0.1, 0.15) is 5.78 Å². The van der Waals surface area contributed by atoms with Crippen LogP contribution in [-0.4, -0.2) is 5.78 Å². The summed E-state index contributed by atoms with van der Waals surface area (Å²) in [5.74, 6) is 0.962. The second kappa shape index (κ2) is 5.95. The maximum absolute atomic E-state index is 11.4. The lowest BCUT2D eigenvalue weighted by molar-refractivity contribution is -0.125. The summed E-state index contributed by atoms with van der Waals surface area (Å²) < 4.78 is 0. The molecular formula is C12H20O. The molecule has 0 atom stereocenters. The summed E-state index contributed by atoms with van der Waals surface area (Å²) in [6.45, 7) is 3.68. The summed E-state index contributed by atoms with van der Waals surface area (Å²) in [4.78, 5) is 11.4. The van der Waals surface area contributed by atoms with E-state index >= 15 is 0 Å². The van der Waals surface area contributed by atoms with Gasteiger partial charge < -0.3 is 0 Å². The zero-order valence-corrected chi connectivity index (χ0v) is 8.43. The molecule has 1 aliphatic carbocycles. The number of Topliss-reactive ketones (excluding diaryl/α,β-unsaturated/α-hetero) is 1. The van der Waals surface area contributed by atoms with E-state index in [-0.39, 0.29) is 0 Å². The molecule has 1 fully saturated rings. The predicted octanol–water partition coefficient (Wildman–Crippen LogP) is 3.49. The van der Waals surface area contributed by atoms with Crippen LogP contribution >= 0.6 is 0 Å². The molecule has 0 aromatic rings. The Morgan fingerprint density at radius 2 is 2.08 bits per heavy atom. The lowest BCUT2D eigenvalue weighted by Crippen LogP contribution is -2.21. The Kier molecular flexibility index (Phi) is 4.81. The zero-order chi connectivity index (χ0) is 9.52. The van der Waals surface area contributed by atoms with Crippen molar-refractivity contribution >= 4 is 5.78 Å². The molecule has 1 heteroatoms. The van der Waals surface area contributed by atoms with Gasteiger partial charge in [0, 0.05) is 12.3 Å². The molecular weight excluding hydrogens is 160 g/mol. The Morgan fingerprint density at radius 3 is 2.62 bits per heavy atom. The molecule has 13 heavy (non-hydrogen) atoms. The number of unbranched alkanes of at least 4 members (excludes halogenated alkanes) is 3. The quantitative estimate of drug-likeness (QED) is 0.433. The molecule has 0 N–H and O–H groups in total. The van der Waals surface area contributed by atoms with Crippen molar-refractivity contribution in [2.24, 2.45) is 5.92 Å². The van der Waals surface area contributed by atoms with Crippen LogP contribution in [0.15, 0.2) is 12.7 Å². The first-order chi connectivity index (χ1) is 6.34. The Hall–Kier alpha value is -0.590. The normalized spacial score (nSPS) is 16.6. The van der Waals surface area contributed by atoms with Gasteiger partial charge in [-0.25, -0.2) is 0 Å². The summed E-state index contributed by atoms with van der Waals surface area (Å²) >= 11 is 0. The van der Waals surface area contributed by atoms with Crippen LogP contribution in [0.25, 0.3) is 0 Å². The van der Waals surface area contributed by atoms with Crippen LogP contribution < -0.4 is 0 Å². The van der Waals surface area contributed by atoms with Crippen molar-refractivity contribution in [3.05, 3.63) is 12.7 Å². The van der Waals surface area contributed by atoms with Gasteiger partial charge in [-0.05, 0) is 32.1 Å². The Balaban J connectivity index is 1.92. The molecule has 1 rings (SSSR count). The fraction of sp³-hybridized carbons (Fsp3) is 0.750. The van der Waals surface area contributed by atoms with Gasteiger partial charge in [-0.2, -0.15) is 0 Å². The number of allylic oxidation sites excluding steroid dienone is 1. The van der Waals surface area contributed by atoms with Gasteiger partial charge in [0.15, 0.2) is 0 Å². The van der Waals surface area contributed by atoms with E-state index in [4.69, 9.17) is 0 Å². The first-order valence-corrected chi connectivity index (χ1v) is 5.48. The first-order valence-electron chi connectivity index (χ1n) is 5.48. The van der Waals surface area contributed by atoms with Gasteiger partial charge in [-0.15, -0.1) is 6.58 Å². The van der Waals surface area contributed by atoms with Gasteiger partial charge in [-0.3, -0.25) is 4.79 Å². The standard InChI is InChI=1S/C12H20O/c1-2-3-4-5-6-10-12(13)11-8-7-9-11/h2,11H,1,3-10H2. The second-order valence-electron chi connectivity index (χ2n) is 3.98. The summed E-state index contributed by atoms with van der Waals surface area (Å²) in [7, 11) is 0. The molecule has 1 aliphatic rings. The van der Waals surface area contributed by atoms with Crippen molar-refractivity contribution in [3.63, 3.8) is 0 Å². The summed E-state index contributed by atoms with van der Waals surface area (Å²) in [6.07, 6.45) is 10.9. The van der Waals surface area contributed by atoms with Crippen molar-refractivity contribution in [1.82, 2.24) is 0 Å². The topological polar surface area (TPSA) is 17.1 Å². The molecule has 0 aliphatic heterocycles. The van der Waals surface area contributed by atoms with E-state index in [1.54, 1.807) is 0 Å². The molecule has 0 bridgehead atoms. The molecule has 0 radical (unpaired) electrons. The average Bonchev–Trinajstić information content (AvgIpc) is 2.01. The molecule has 74 valence electrons. The molecule has 0 aromatic carbocycles. The van der Waals surface area contributed by atoms with E-state index in [9.17, 15) is 4.79 Å². The third-order valence-electron chi connectivity index (χ3n) is 2.89. The summed E-state index contributed by atoms with van der Waals surface area (Å²) in [5.41, 5.74) is 0. The van der Waals surface area contributed by atoms with E-state index in [1.807, 2.05) is 6.08 Å². The van der Waals surface area contributed by atoms with Crippen LogP contribution in [0.3, 0.4) is 0 Å². The number of hydrogen-bond donors (Lipinski definition) is 0. The van der Waals surface area contributed by atoms with Crippen LogP contribution in [0, 0.1) is 5.92 Å². The maximum Gasteiger partial charge on any atom is 0.135 e. The Bertz CT molecular complexity index is 168. The highest BCUT2D eigenvalue weighted by molar-refractivity contribution is 5.81. The van der Waals surface area contributed by atoms with Crippen molar-refractivity contribution in [1.29, 1.82) is 0 Å². The lowest BCUT2D eigenvalue weighted by Gasteiger charge is -2.23. The second-order valence-corrected chi connectivity index (χ2v) is 3.98. The van der Waals surface area contributed by atoms with Gasteiger partial charge in [-0.1, -0.05) is 18.9 Å². The molecule has 1 saturated carbocycles. The molecule has 0 spiro atoms. The molecule has 0 aromatic heterocycles. The number of hydrogen-bond acceptors (Lipinski definition) is 1. The maximum atomic E-state index is 11.4. The number of carbonyl (C=O) groups is 1. The minimum atomic E-state index is 0.444. The number of ketones is 1. The average molecular weight is 180 g/mol. The van der Waals surface area contributed by atoms with E-state index in [0.29, 0.717) is 11.7 Å². The van der Waals surface area contributed by atoms with Crippen LogP contribution in [0.4, 0.5) is 0 Å². The zero-order valence-electron chi connectivity index (χ0n) is 8.43. The predicted molar refractivity (Wildman–Crippen MR) is 55.6 cm³/mol. The van der Waals surface area contributed by atoms with Crippen LogP contribution in [0.1, 0.15) is 51.4 Å². The highest BCUT2D eigenvalue weighted by Crippen LogP contribution is 2.28. The number of rotatable bonds is 7. The minimum absolute atomic E-state index is 0.444. The van der Waals surface area contributed by atoms with Crippen molar-refractivity contribution < 1.29 is 4.79 Å². The molecule has 0 saturated heterocycles. The van der Waals surface area contributed by atoms with E-state index in [0.717, 1.165) is 32.1 Å². The monoisotopic (exact) mass is 180 g/mol. The smallest absolute Gasteiger partial charge is 0.135 e. The third kappa shape index (κ3) is 3.75. The number of carbonyl (C=O) groups excluding carboxylic acids is 1. The van der Waals surface area contributed by atoms with E-state index in [1.165, 1.54) is 19.3 Å². The third-order valence-corrected chi connectivity index (χ3v) is 2.89. The Labute approximate surface area is 81.2 Å². The van der Waals surface area contributed by atoms with E-state index in [2.05, 4.69) is 6.58 Å². The molecule has 0 heterocycles. The largest absolute Gasteiger partial charge is 0.299 e. The highest BCUT2D eigenvalue weighted by atomic mass is 16.1. The minimum Gasteiger partial charge on any atom is -0.299 e. The molecule has 0 unspecified atom stereocenters. The summed E-state index contributed by atoms with van der Waals surface area (Å²) in [6, 6.07) is 0. The van der Waals surface area contributed by atoms with Gasteiger partial charge >= 0.3 is 0 Å². The fourth-order valence-corrected chi connectivity index (χ4v) is 1.70. The van der Waals surface area contributed by atoms with Crippen molar-refractivity contribution in [3.8, 4) is 0 Å². The fourth-order valence-electron chi connectivity index (χ4n) is 1.70. The summed E-state index contributed by atoms with van der Waals surface area (Å²) in [5, 5.41) is 0. The van der Waals surface area contributed by atoms with Gasteiger partial charge in [0.2, 0.25) is 0 Å². The van der Waals surface area contributed by atoms with Gasteiger partial charge in [0.25, 0.3) is 0 Å². The van der Waals surface area contributed by atoms with Crippen LogP contribution in [-0.2, 0) is 4.79 Å². The van der Waals surface area contributed by atoms with Crippen LogP contribution in [0.2, 0.25) is 0 Å². The molecule has 1 nitrogen and oxygen atoms in total. The van der Waals surface area contributed by atoms with Gasteiger partial charge in [0.05, 0.1) is 0 Å². The first kappa shape index (κ1) is 10.5. The van der Waals surface area contributed by atoms with Crippen molar-refractivity contribution in [2.45, 2.75) is 51.4 Å². The lowest BCUT2D eigenvalue weighted by atomic mass is 9.80. The Morgan fingerprint density at radius 1 is 1.31 bits per heavy atom. The van der Waals surface area contributed by atoms with E-state index < -0.39 is 0 Å². The van der Waals surface area contributed by atoms with Crippen molar-refractivity contribution in [2.75, 3.05) is 0 Å². The molecule has 0 amide bonds. The highest BCUT2D eigenvalue weighted by Gasteiger charge is 2.23. The van der Waals surface area contributed by atoms with Crippen LogP contribution in [0.5, 0.6) is 0 Å².